The van der Waals surface area contributed by atoms with Gasteiger partial charge in [0, 0.05) is 32.4 Å². The molecule has 7 heteroatoms. The molecule has 21 heavy (non-hydrogen) atoms. The first kappa shape index (κ1) is 17.2. The molecule has 1 aromatic rings. The highest BCUT2D eigenvalue weighted by Gasteiger charge is 2.19. The first-order chi connectivity index (χ1) is 9.93. The molecule has 1 aromatic heterocycles. The largest absolute Gasteiger partial charge is 0.480 e. The van der Waals surface area contributed by atoms with E-state index in [9.17, 15) is 9.59 Å². The molecular formula is C14H23N3O4. The Morgan fingerprint density at radius 2 is 2.19 bits per heavy atom. The van der Waals surface area contributed by atoms with E-state index in [4.69, 9.17) is 9.84 Å². The lowest BCUT2D eigenvalue weighted by molar-refractivity contribution is -0.142. The van der Waals surface area contributed by atoms with Crippen molar-refractivity contribution in [2.24, 2.45) is 0 Å². The standard InChI is InChI=1S/C14H23N3O4/c1-10-9-11(2)17(16-10)7-6-13(18)15-12(14(19)20)5-4-8-21-3/h9,12H,4-8H2,1-3H3,(H,15,18)(H,19,20). The summed E-state index contributed by atoms with van der Waals surface area (Å²) in [6, 6.07) is 1.07. The highest BCUT2D eigenvalue weighted by molar-refractivity contribution is 5.83. The van der Waals surface area contributed by atoms with Gasteiger partial charge in [0.15, 0.2) is 0 Å². The van der Waals surface area contributed by atoms with Gasteiger partial charge in [0.25, 0.3) is 0 Å². The molecule has 0 saturated carbocycles. The van der Waals surface area contributed by atoms with Crippen LogP contribution >= 0.6 is 0 Å². The first-order valence-electron chi connectivity index (χ1n) is 6.96. The van der Waals surface area contributed by atoms with Crippen LogP contribution in [0.25, 0.3) is 0 Å². The van der Waals surface area contributed by atoms with Gasteiger partial charge >= 0.3 is 5.97 Å². The molecule has 1 atom stereocenters. The topological polar surface area (TPSA) is 93.5 Å². The normalized spacial score (nSPS) is 12.1. The van der Waals surface area contributed by atoms with Gasteiger partial charge in [-0.3, -0.25) is 9.48 Å². The number of hydrogen-bond acceptors (Lipinski definition) is 4. The van der Waals surface area contributed by atoms with Crippen molar-refractivity contribution in [3.05, 3.63) is 17.5 Å². The van der Waals surface area contributed by atoms with Gasteiger partial charge < -0.3 is 15.2 Å². The van der Waals surface area contributed by atoms with E-state index in [1.165, 1.54) is 0 Å². The van der Waals surface area contributed by atoms with E-state index in [0.29, 0.717) is 26.0 Å². The fraction of sp³-hybridized carbons (Fsp3) is 0.643. The Hall–Kier alpha value is -1.89. The van der Waals surface area contributed by atoms with Gasteiger partial charge in [0.2, 0.25) is 5.91 Å². The number of aliphatic carboxylic acids is 1. The minimum atomic E-state index is -1.02. The smallest absolute Gasteiger partial charge is 0.326 e. The molecule has 0 aliphatic carbocycles. The fourth-order valence-corrected chi connectivity index (χ4v) is 2.06. The zero-order valence-electron chi connectivity index (χ0n) is 12.8. The number of carbonyl (C=O) groups excluding carboxylic acids is 1. The van der Waals surface area contributed by atoms with Gasteiger partial charge in [-0.15, -0.1) is 0 Å². The van der Waals surface area contributed by atoms with Crippen LogP contribution in [0.15, 0.2) is 6.07 Å². The van der Waals surface area contributed by atoms with E-state index in [2.05, 4.69) is 10.4 Å². The molecule has 118 valence electrons. The number of methoxy groups -OCH3 is 1. The minimum absolute atomic E-state index is 0.204. The number of hydrogen-bond donors (Lipinski definition) is 2. The molecular weight excluding hydrogens is 274 g/mol. The third-order valence-electron chi connectivity index (χ3n) is 3.13. The molecule has 0 bridgehead atoms. The van der Waals surface area contributed by atoms with Crippen molar-refractivity contribution in [2.75, 3.05) is 13.7 Å². The zero-order valence-corrected chi connectivity index (χ0v) is 12.8. The predicted molar refractivity (Wildman–Crippen MR) is 77.0 cm³/mol. The lowest BCUT2D eigenvalue weighted by Crippen LogP contribution is -2.41. The van der Waals surface area contributed by atoms with E-state index in [1.807, 2.05) is 19.9 Å². The lowest BCUT2D eigenvalue weighted by Gasteiger charge is -2.14. The Balaban J connectivity index is 2.43. The van der Waals surface area contributed by atoms with Gasteiger partial charge in [-0.2, -0.15) is 5.10 Å². The van der Waals surface area contributed by atoms with Crippen molar-refractivity contribution >= 4 is 11.9 Å². The second-order valence-corrected chi connectivity index (χ2v) is 4.99. The van der Waals surface area contributed by atoms with Crippen molar-refractivity contribution in [3.8, 4) is 0 Å². The summed E-state index contributed by atoms with van der Waals surface area (Å²) in [7, 11) is 1.56. The van der Waals surface area contributed by atoms with Gasteiger partial charge in [-0.05, 0) is 32.8 Å². The van der Waals surface area contributed by atoms with Gasteiger partial charge in [0.1, 0.15) is 6.04 Å². The van der Waals surface area contributed by atoms with Crippen molar-refractivity contribution in [3.63, 3.8) is 0 Å². The van der Waals surface area contributed by atoms with Crippen LogP contribution in [0, 0.1) is 13.8 Å². The van der Waals surface area contributed by atoms with Crippen LogP contribution in [-0.4, -0.2) is 46.5 Å². The number of carbonyl (C=O) groups is 2. The third-order valence-corrected chi connectivity index (χ3v) is 3.13. The van der Waals surface area contributed by atoms with Gasteiger partial charge in [-0.1, -0.05) is 0 Å². The van der Waals surface area contributed by atoms with Crippen LogP contribution in [-0.2, 0) is 20.9 Å². The summed E-state index contributed by atoms with van der Waals surface area (Å²) >= 11 is 0. The molecule has 1 unspecified atom stereocenters. The van der Waals surface area contributed by atoms with Crippen LogP contribution in [0.2, 0.25) is 0 Å². The lowest BCUT2D eigenvalue weighted by atomic mass is 10.1. The fourth-order valence-electron chi connectivity index (χ4n) is 2.06. The van der Waals surface area contributed by atoms with E-state index in [0.717, 1.165) is 11.4 Å². The Bertz CT molecular complexity index is 485. The molecule has 2 N–H and O–H groups in total. The summed E-state index contributed by atoms with van der Waals surface area (Å²) in [6.45, 7) is 4.73. The van der Waals surface area contributed by atoms with E-state index in [-0.39, 0.29) is 12.3 Å². The van der Waals surface area contributed by atoms with Crippen molar-refractivity contribution in [1.29, 1.82) is 0 Å². The first-order valence-corrected chi connectivity index (χ1v) is 6.96. The SMILES string of the molecule is COCCCC(NC(=O)CCn1nc(C)cc1C)C(=O)O. The van der Waals surface area contributed by atoms with E-state index in [1.54, 1.807) is 11.8 Å². The van der Waals surface area contributed by atoms with Crippen LogP contribution in [0.1, 0.15) is 30.7 Å². The number of carboxylic acids is 1. The van der Waals surface area contributed by atoms with E-state index >= 15 is 0 Å². The molecule has 1 amide bonds. The number of aryl methyl sites for hydroxylation is 3. The quantitative estimate of drug-likeness (QED) is 0.660. The summed E-state index contributed by atoms with van der Waals surface area (Å²) in [5.41, 5.74) is 1.88. The summed E-state index contributed by atoms with van der Waals surface area (Å²) in [4.78, 5) is 22.9. The summed E-state index contributed by atoms with van der Waals surface area (Å²) in [5, 5.41) is 15.9. The second kappa shape index (κ2) is 8.41. The Morgan fingerprint density at radius 1 is 1.48 bits per heavy atom. The number of ether oxygens (including phenoxy) is 1. The molecule has 0 spiro atoms. The average molecular weight is 297 g/mol. The molecule has 1 rings (SSSR count). The molecule has 0 aromatic carbocycles. The maximum Gasteiger partial charge on any atom is 0.326 e. The third kappa shape index (κ3) is 5.95. The van der Waals surface area contributed by atoms with Gasteiger partial charge in [-0.25, -0.2) is 4.79 Å². The summed E-state index contributed by atoms with van der Waals surface area (Å²) in [5.74, 6) is -1.31. The number of amides is 1. The summed E-state index contributed by atoms with van der Waals surface area (Å²) < 4.78 is 6.63. The number of rotatable bonds is 9. The molecule has 0 saturated heterocycles. The Kier molecular flexibility index (Phi) is 6.87. The number of carboxylic acid groups (broad SMARTS) is 1. The molecule has 0 radical (unpaired) electrons. The Morgan fingerprint density at radius 3 is 2.71 bits per heavy atom. The molecule has 0 aliphatic heterocycles. The second-order valence-electron chi connectivity index (χ2n) is 4.99. The maximum absolute atomic E-state index is 11.8. The number of nitrogens with zero attached hydrogens (tertiary/aromatic N) is 2. The monoisotopic (exact) mass is 297 g/mol. The van der Waals surface area contributed by atoms with Crippen LogP contribution < -0.4 is 5.32 Å². The van der Waals surface area contributed by atoms with Crippen LogP contribution in [0.4, 0.5) is 0 Å². The van der Waals surface area contributed by atoms with Gasteiger partial charge in [0.05, 0.1) is 5.69 Å². The van der Waals surface area contributed by atoms with Crippen LogP contribution in [0.5, 0.6) is 0 Å². The zero-order chi connectivity index (χ0) is 15.8. The maximum atomic E-state index is 11.8. The van der Waals surface area contributed by atoms with Crippen LogP contribution in [0.3, 0.4) is 0 Å². The molecule has 0 fully saturated rings. The number of nitrogens with one attached hydrogen (secondary N) is 1. The highest BCUT2D eigenvalue weighted by atomic mass is 16.5. The average Bonchev–Trinajstić information content (AvgIpc) is 2.73. The molecule has 1 heterocycles. The Labute approximate surface area is 124 Å². The van der Waals surface area contributed by atoms with Crippen molar-refractivity contribution in [2.45, 2.75) is 45.7 Å². The van der Waals surface area contributed by atoms with E-state index < -0.39 is 12.0 Å². The minimum Gasteiger partial charge on any atom is -0.480 e. The molecule has 0 aliphatic rings. The predicted octanol–water partition coefficient (Wildman–Crippen LogP) is 0.886. The highest BCUT2D eigenvalue weighted by Crippen LogP contribution is 2.04. The molecule has 7 nitrogen and oxygen atoms in total. The van der Waals surface area contributed by atoms with Crippen molar-refractivity contribution in [1.82, 2.24) is 15.1 Å². The van der Waals surface area contributed by atoms with Crippen molar-refractivity contribution < 1.29 is 19.4 Å². The number of aromatic nitrogens is 2. The summed E-state index contributed by atoms with van der Waals surface area (Å²) in [6.07, 6.45) is 1.15.